The third-order valence-corrected chi connectivity index (χ3v) is 4.06. The summed E-state index contributed by atoms with van der Waals surface area (Å²) in [6.07, 6.45) is 5.14. The molecule has 20 heavy (non-hydrogen) atoms. The Hall–Kier alpha value is -1.34. The van der Waals surface area contributed by atoms with Crippen LogP contribution in [-0.2, 0) is 12.8 Å². The summed E-state index contributed by atoms with van der Waals surface area (Å²) in [4.78, 5) is 0. The summed E-state index contributed by atoms with van der Waals surface area (Å²) in [5, 5.41) is 17.7. The van der Waals surface area contributed by atoms with Gasteiger partial charge in [-0.05, 0) is 45.6 Å². The zero-order valence-corrected chi connectivity index (χ0v) is 13.1. The second-order valence-electron chi connectivity index (χ2n) is 6.19. The molecule has 1 aliphatic rings. The highest BCUT2D eigenvalue weighted by atomic mass is 15.3. The van der Waals surface area contributed by atoms with Crippen molar-refractivity contribution < 1.29 is 0 Å². The van der Waals surface area contributed by atoms with E-state index in [1.807, 2.05) is 6.92 Å². The van der Waals surface area contributed by atoms with Crippen LogP contribution in [0.2, 0.25) is 0 Å². The van der Waals surface area contributed by atoms with Crippen LogP contribution in [0, 0.1) is 11.3 Å². The fraction of sp³-hybridized carbons (Fsp3) is 0.750. The molecule has 2 atom stereocenters. The minimum atomic E-state index is -0.454. The normalized spacial score (nSPS) is 19.4. The molecule has 0 saturated heterocycles. The van der Waals surface area contributed by atoms with Crippen LogP contribution in [0.4, 0.5) is 0 Å². The third kappa shape index (κ3) is 3.40. The lowest BCUT2D eigenvalue weighted by Gasteiger charge is -2.27. The molecule has 0 bridgehead atoms. The standard InChI is InChI=1S/C16H26N4/c1-5-13-9-15(6-2)20(19-13)12(3)10-16(4,11-17)18-14-7-8-14/h9,12,14,18H,5-8,10H2,1-4H3. The summed E-state index contributed by atoms with van der Waals surface area (Å²) in [6, 6.07) is 5.43. The SMILES string of the molecule is CCc1cc(CC)n(C(C)CC(C)(C#N)NC2CC2)n1. The van der Waals surface area contributed by atoms with Gasteiger partial charge in [0, 0.05) is 18.2 Å². The first kappa shape index (κ1) is 15.1. The molecule has 1 aromatic rings. The van der Waals surface area contributed by atoms with Crippen LogP contribution in [0.1, 0.15) is 64.4 Å². The Kier molecular flexibility index (Phi) is 4.49. The highest BCUT2D eigenvalue weighted by Crippen LogP contribution is 2.28. The smallest absolute Gasteiger partial charge is 0.106 e. The summed E-state index contributed by atoms with van der Waals surface area (Å²) >= 11 is 0. The molecule has 4 heteroatoms. The van der Waals surface area contributed by atoms with Crippen molar-refractivity contribution in [1.29, 1.82) is 5.26 Å². The number of nitriles is 1. The molecule has 1 heterocycles. The van der Waals surface area contributed by atoms with E-state index < -0.39 is 5.54 Å². The Bertz CT molecular complexity index is 495. The van der Waals surface area contributed by atoms with Gasteiger partial charge in [-0.1, -0.05) is 13.8 Å². The van der Waals surface area contributed by atoms with Crippen molar-refractivity contribution >= 4 is 0 Å². The number of hydrogen-bond donors (Lipinski definition) is 1. The molecule has 2 unspecified atom stereocenters. The van der Waals surface area contributed by atoms with Crippen LogP contribution in [0.5, 0.6) is 0 Å². The second-order valence-corrected chi connectivity index (χ2v) is 6.19. The minimum Gasteiger partial charge on any atom is -0.297 e. The summed E-state index contributed by atoms with van der Waals surface area (Å²) < 4.78 is 2.11. The maximum absolute atomic E-state index is 9.49. The molecule has 1 aliphatic carbocycles. The number of aromatic nitrogens is 2. The van der Waals surface area contributed by atoms with Crippen molar-refractivity contribution in [2.75, 3.05) is 0 Å². The second kappa shape index (κ2) is 5.97. The van der Waals surface area contributed by atoms with E-state index in [-0.39, 0.29) is 6.04 Å². The number of rotatable bonds is 7. The lowest BCUT2D eigenvalue weighted by molar-refractivity contribution is 0.325. The van der Waals surface area contributed by atoms with Gasteiger partial charge in [0.15, 0.2) is 0 Å². The van der Waals surface area contributed by atoms with E-state index in [2.05, 4.69) is 42.9 Å². The largest absolute Gasteiger partial charge is 0.297 e. The number of nitrogens with zero attached hydrogens (tertiary/aromatic N) is 3. The highest BCUT2D eigenvalue weighted by molar-refractivity contribution is 5.13. The first-order valence-corrected chi connectivity index (χ1v) is 7.77. The van der Waals surface area contributed by atoms with Gasteiger partial charge < -0.3 is 0 Å². The van der Waals surface area contributed by atoms with Crippen molar-refractivity contribution in [3.05, 3.63) is 17.5 Å². The van der Waals surface area contributed by atoms with Crippen molar-refractivity contribution in [2.45, 2.75) is 77.4 Å². The van der Waals surface area contributed by atoms with Crippen molar-refractivity contribution in [3.63, 3.8) is 0 Å². The van der Waals surface area contributed by atoms with Gasteiger partial charge in [-0.25, -0.2) is 0 Å². The highest BCUT2D eigenvalue weighted by Gasteiger charge is 2.34. The van der Waals surface area contributed by atoms with Gasteiger partial charge in [0.05, 0.1) is 17.8 Å². The summed E-state index contributed by atoms with van der Waals surface area (Å²) in [5.74, 6) is 0. The maximum Gasteiger partial charge on any atom is 0.106 e. The molecule has 1 aromatic heterocycles. The molecule has 0 radical (unpaired) electrons. The molecule has 0 aliphatic heterocycles. The average molecular weight is 274 g/mol. The van der Waals surface area contributed by atoms with E-state index in [1.54, 1.807) is 0 Å². The summed E-state index contributed by atoms with van der Waals surface area (Å²) in [6.45, 7) is 8.46. The van der Waals surface area contributed by atoms with Gasteiger partial charge in [-0.2, -0.15) is 10.4 Å². The first-order valence-electron chi connectivity index (χ1n) is 7.77. The van der Waals surface area contributed by atoms with Gasteiger partial charge in [0.25, 0.3) is 0 Å². The number of aryl methyl sites for hydroxylation is 2. The van der Waals surface area contributed by atoms with Gasteiger partial charge >= 0.3 is 0 Å². The van der Waals surface area contributed by atoms with Crippen molar-refractivity contribution in [2.24, 2.45) is 0 Å². The molecular formula is C16H26N4. The molecule has 0 amide bonds. The van der Waals surface area contributed by atoms with Crippen LogP contribution >= 0.6 is 0 Å². The zero-order chi connectivity index (χ0) is 14.8. The zero-order valence-electron chi connectivity index (χ0n) is 13.1. The lowest BCUT2D eigenvalue weighted by atomic mass is 9.95. The Morgan fingerprint density at radius 3 is 2.70 bits per heavy atom. The Morgan fingerprint density at radius 2 is 2.20 bits per heavy atom. The molecule has 0 aromatic carbocycles. The molecule has 1 N–H and O–H groups in total. The fourth-order valence-corrected chi connectivity index (χ4v) is 2.80. The van der Waals surface area contributed by atoms with Crippen LogP contribution in [0.3, 0.4) is 0 Å². The van der Waals surface area contributed by atoms with E-state index in [4.69, 9.17) is 5.10 Å². The van der Waals surface area contributed by atoms with Gasteiger partial charge in [0.1, 0.15) is 5.54 Å². The van der Waals surface area contributed by atoms with E-state index in [9.17, 15) is 5.26 Å². The van der Waals surface area contributed by atoms with Crippen molar-refractivity contribution in [1.82, 2.24) is 15.1 Å². The van der Waals surface area contributed by atoms with Crippen LogP contribution < -0.4 is 5.32 Å². The molecule has 4 nitrogen and oxygen atoms in total. The van der Waals surface area contributed by atoms with E-state index in [1.165, 1.54) is 18.5 Å². The van der Waals surface area contributed by atoms with Crippen molar-refractivity contribution in [3.8, 4) is 6.07 Å². The predicted molar refractivity (Wildman–Crippen MR) is 80.5 cm³/mol. The maximum atomic E-state index is 9.49. The fourth-order valence-electron chi connectivity index (χ4n) is 2.80. The molecule has 1 fully saturated rings. The van der Waals surface area contributed by atoms with Gasteiger partial charge in [-0.3, -0.25) is 10.00 Å². The monoisotopic (exact) mass is 274 g/mol. The summed E-state index contributed by atoms with van der Waals surface area (Å²) in [5.41, 5.74) is 1.95. The molecular weight excluding hydrogens is 248 g/mol. The van der Waals surface area contributed by atoms with E-state index in [0.717, 1.165) is 25.0 Å². The molecule has 110 valence electrons. The van der Waals surface area contributed by atoms with Gasteiger partial charge in [0.2, 0.25) is 0 Å². The van der Waals surface area contributed by atoms with Crippen LogP contribution in [0.15, 0.2) is 6.07 Å². The molecule has 1 saturated carbocycles. The predicted octanol–water partition coefficient (Wildman–Crippen LogP) is 2.99. The molecule has 2 rings (SSSR count). The number of nitrogens with one attached hydrogen (secondary N) is 1. The number of hydrogen-bond acceptors (Lipinski definition) is 3. The Labute approximate surface area is 122 Å². The first-order chi connectivity index (χ1) is 9.51. The van der Waals surface area contributed by atoms with E-state index in [0.29, 0.717) is 6.04 Å². The molecule has 0 spiro atoms. The lowest BCUT2D eigenvalue weighted by Crippen LogP contribution is -2.44. The average Bonchev–Trinajstić information content (AvgIpc) is 3.13. The topological polar surface area (TPSA) is 53.6 Å². The summed E-state index contributed by atoms with van der Waals surface area (Å²) in [7, 11) is 0. The Balaban J connectivity index is 2.11. The van der Waals surface area contributed by atoms with Crippen LogP contribution in [-0.4, -0.2) is 21.4 Å². The minimum absolute atomic E-state index is 0.237. The Morgan fingerprint density at radius 1 is 1.50 bits per heavy atom. The van der Waals surface area contributed by atoms with Crippen LogP contribution in [0.25, 0.3) is 0 Å². The van der Waals surface area contributed by atoms with E-state index >= 15 is 0 Å². The van der Waals surface area contributed by atoms with Gasteiger partial charge in [-0.15, -0.1) is 0 Å². The third-order valence-electron chi connectivity index (χ3n) is 4.06. The quantitative estimate of drug-likeness (QED) is 0.831.